The summed E-state index contributed by atoms with van der Waals surface area (Å²) < 4.78 is 1.10. The number of hydrogen-bond donors (Lipinski definition) is 1. The largest absolute Gasteiger partial charge is 0.412 e. The molecule has 4 aromatic rings. The molecular formula is C21H16Cl2N4O2. The lowest BCUT2D eigenvalue weighted by Crippen LogP contribution is -2.25. The molecule has 0 aliphatic carbocycles. The highest BCUT2D eigenvalue weighted by Crippen LogP contribution is 2.37. The number of nitrogens with one attached hydrogen (secondary N) is 1. The van der Waals surface area contributed by atoms with Gasteiger partial charge in [0.2, 0.25) is 5.95 Å². The average molecular weight is 427 g/mol. The Morgan fingerprint density at radius 3 is 2.31 bits per heavy atom. The van der Waals surface area contributed by atoms with E-state index >= 15 is 0 Å². The van der Waals surface area contributed by atoms with Gasteiger partial charge < -0.3 is 10.2 Å². The first kappa shape index (κ1) is 19.2. The van der Waals surface area contributed by atoms with Crippen molar-refractivity contribution in [2.45, 2.75) is 6.92 Å². The molecule has 0 bridgehead atoms. The monoisotopic (exact) mass is 426 g/mol. The number of anilines is 2. The zero-order valence-electron chi connectivity index (χ0n) is 15.6. The number of pyridine rings is 1. The van der Waals surface area contributed by atoms with E-state index in [1.165, 1.54) is 13.2 Å². The summed E-state index contributed by atoms with van der Waals surface area (Å²) in [5.41, 5.74) is 2.93. The third kappa shape index (κ3) is 3.64. The Morgan fingerprint density at radius 1 is 0.966 bits per heavy atom. The molecule has 2 heterocycles. The van der Waals surface area contributed by atoms with Gasteiger partial charge in [0.15, 0.2) is 5.65 Å². The van der Waals surface area contributed by atoms with Crippen molar-refractivity contribution in [2.24, 2.45) is 0 Å². The van der Waals surface area contributed by atoms with Crippen molar-refractivity contribution in [1.29, 1.82) is 0 Å². The summed E-state index contributed by atoms with van der Waals surface area (Å²) in [5.74, 6) is 0.281. The standard InChI is InChI=1S/C21H16Cl2N4O2/c1-12-6-8-13(9-7-12)24-21-25-19(18-15(22)4-3-5-16(18)23)14-10-11-17(28)27(29-2)20(14)26-21/h3-11H,1-2H3,(H,24,25,26). The molecule has 2 aromatic carbocycles. The molecule has 6 nitrogen and oxygen atoms in total. The highest BCUT2D eigenvalue weighted by Gasteiger charge is 2.18. The predicted molar refractivity (Wildman–Crippen MR) is 116 cm³/mol. The van der Waals surface area contributed by atoms with Crippen molar-refractivity contribution < 1.29 is 4.84 Å². The van der Waals surface area contributed by atoms with Crippen LogP contribution in [0.3, 0.4) is 0 Å². The van der Waals surface area contributed by atoms with Crippen LogP contribution < -0.4 is 15.7 Å². The Balaban J connectivity index is 2.00. The summed E-state index contributed by atoms with van der Waals surface area (Å²) >= 11 is 12.9. The maximum absolute atomic E-state index is 12.3. The zero-order valence-corrected chi connectivity index (χ0v) is 17.1. The fourth-order valence-corrected chi connectivity index (χ4v) is 3.58. The van der Waals surface area contributed by atoms with Gasteiger partial charge in [-0.05, 0) is 37.3 Å². The molecule has 1 N–H and O–H groups in total. The van der Waals surface area contributed by atoms with Crippen LogP contribution in [0, 0.1) is 6.92 Å². The number of nitrogens with zero attached hydrogens (tertiary/aromatic N) is 3. The van der Waals surface area contributed by atoms with Crippen LogP contribution in [-0.4, -0.2) is 21.8 Å². The van der Waals surface area contributed by atoms with Gasteiger partial charge in [-0.2, -0.15) is 4.98 Å². The molecule has 0 saturated heterocycles. The van der Waals surface area contributed by atoms with Gasteiger partial charge >= 0.3 is 0 Å². The van der Waals surface area contributed by atoms with Crippen molar-refractivity contribution in [1.82, 2.24) is 14.7 Å². The SMILES string of the molecule is COn1c(=O)ccc2c(-c3c(Cl)cccc3Cl)nc(Nc3ccc(C)cc3)nc21. The van der Waals surface area contributed by atoms with Crippen LogP contribution in [0.2, 0.25) is 10.0 Å². The predicted octanol–water partition coefficient (Wildman–Crippen LogP) is 4.88. The maximum atomic E-state index is 12.3. The molecule has 0 aliphatic heterocycles. The van der Waals surface area contributed by atoms with Crippen molar-refractivity contribution in [3.05, 3.63) is 80.6 Å². The second kappa shape index (κ2) is 7.73. The van der Waals surface area contributed by atoms with Crippen LogP contribution >= 0.6 is 23.2 Å². The first-order valence-corrected chi connectivity index (χ1v) is 9.50. The Hall–Kier alpha value is -3.09. The number of fused-ring (bicyclic) bond motifs is 1. The van der Waals surface area contributed by atoms with Gasteiger partial charge in [0, 0.05) is 22.7 Å². The van der Waals surface area contributed by atoms with E-state index in [2.05, 4.69) is 15.3 Å². The molecule has 146 valence electrons. The van der Waals surface area contributed by atoms with E-state index in [-0.39, 0.29) is 11.5 Å². The van der Waals surface area contributed by atoms with Gasteiger partial charge in [0.25, 0.3) is 5.56 Å². The molecule has 8 heteroatoms. The quantitative estimate of drug-likeness (QED) is 0.503. The Morgan fingerprint density at radius 2 is 1.66 bits per heavy atom. The first-order chi connectivity index (χ1) is 14.0. The normalized spacial score (nSPS) is 10.9. The first-order valence-electron chi connectivity index (χ1n) is 8.74. The van der Waals surface area contributed by atoms with Crippen LogP contribution in [0.4, 0.5) is 11.6 Å². The van der Waals surface area contributed by atoms with Gasteiger partial charge in [-0.3, -0.25) is 4.79 Å². The summed E-state index contributed by atoms with van der Waals surface area (Å²) in [6, 6.07) is 16.0. The van der Waals surface area contributed by atoms with E-state index in [0.29, 0.717) is 32.3 Å². The van der Waals surface area contributed by atoms with Crippen LogP contribution in [0.5, 0.6) is 0 Å². The maximum Gasteiger partial charge on any atom is 0.285 e. The Labute approximate surface area is 176 Å². The fraction of sp³-hybridized carbons (Fsp3) is 0.0952. The molecule has 0 spiro atoms. The summed E-state index contributed by atoms with van der Waals surface area (Å²) in [4.78, 5) is 26.7. The summed E-state index contributed by atoms with van der Waals surface area (Å²) in [6.45, 7) is 2.01. The van der Waals surface area contributed by atoms with Gasteiger partial charge in [-0.15, -0.1) is 4.73 Å². The summed E-state index contributed by atoms with van der Waals surface area (Å²) in [6.07, 6.45) is 0. The van der Waals surface area contributed by atoms with Crippen molar-refractivity contribution in [2.75, 3.05) is 12.4 Å². The van der Waals surface area contributed by atoms with Crippen molar-refractivity contribution in [3.8, 4) is 11.3 Å². The van der Waals surface area contributed by atoms with E-state index in [4.69, 9.17) is 28.0 Å². The highest BCUT2D eigenvalue weighted by atomic mass is 35.5. The molecule has 2 aromatic heterocycles. The number of aryl methyl sites for hydroxylation is 1. The van der Waals surface area contributed by atoms with E-state index in [1.54, 1.807) is 24.3 Å². The smallest absolute Gasteiger partial charge is 0.285 e. The van der Waals surface area contributed by atoms with Crippen molar-refractivity contribution in [3.63, 3.8) is 0 Å². The molecule has 0 atom stereocenters. The Bertz CT molecular complexity index is 1250. The summed E-state index contributed by atoms with van der Waals surface area (Å²) in [5, 5.41) is 4.62. The van der Waals surface area contributed by atoms with Gasteiger partial charge in [-0.1, -0.05) is 47.0 Å². The van der Waals surface area contributed by atoms with Crippen LogP contribution in [0.15, 0.2) is 59.4 Å². The molecule has 0 radical (unpaired) electrons. The van der Waals surface area contributed by atoms with E-state index < -0.39 is 0 Å². The van der Waals surface area contributed by atoms with E-state index in [0.717, 1.165) is 16.0 Å². The van der Waals surface area contributed by atoms with Crippen LogP contribution in [-0.2, 0) is 0 Å². The van der Waals surface area contributed by atoms with Crippen LogP contribution in [0.25, 0.3) is 22.3 Å². The average Bonchev–Trinajstić information content (AvgIpc) is 2.69. The van der Waals surface area contributed by atoms with E-state index in [1.807, 2.05) is 31.2 Å². The molecule has 0 unspecified atom stereocenters. The number of aromatic nitrogens is 3. The van der Waals surface area contributed by atoms with Crippen molar-refractivity contribution >= 4 is 45.9 Å². The highest BCUT2D eigenvalue weighted by molar-refractivity contribution is 6.39. The number of rotatable bonds is 4. The lowest BCUT2D eigenvalue weighted by atomic mass is 10.1. The second-order valence-corrected chi connectivity index (χ2v) is 7.18. The molecule has 0 amide bonds. The number of benzene rings is 2. The molecule has 0 aliphatic rings. The van der Waals surface area contributed by atoms with Gasteiger partial charge in [0.05, 0.1) is 15.7 Å². The number of halogens is 2. The molecular weight excluding hydrogens is 411 g/mol. The second-order valence-electron chi connectivity index (χ2n) is 6.37. The minimum Gasteiger partial charge on any atom is -0.412 e. The summed E-state index contributed by atoms with van der Waals surface area (Å²) in [7, 11) is 1.40. The van der Waals surface area contributed by atoms with Gasteiger partial charge in [0.1, 0.15) is 7.11 Å². The Kier molecular flexibility index (Phi) is 5.13. The topological polar surface area (TPSA) is 69.0 Å². The molecule has 0 fully saturated rings. The van der Waals surface area contributed by atoms with Crippen LogP contribution in [0.1, 0.15) is 5.56 Å². The molecule has 0 saturated carbocycles. The lowest BCUT2D eigenvalue weighted by Gasteiger charge is -2.14. The fourth-order valence-electron chi connectivity index (χ4n) is 3.01. The lowest BCUT2D eigenvalue weighted by molar-refractivity contribution is 0.167. The van der Waals surface area contributed by atoms with Gasteiger partial charge in [-0.25, -0.2) is 4.98 Å². The minimum atomic E-state index is -0.351. The minimum absolute atomic E-state index is 0.281. The third-order valence-corrected chi connectivity index (χ3v) is 5.03. The molecule has 4 rings (SSSR count). The van der Waals surface area contributed by atoms with E-state index in [9.17, 15) is 4.79 Å². The number of hydrogen-bond acceptors (Lipinski definition) is 5. The third-order valence-electron chi connectivity index (χ3n) is 4.40. The molecule has 29 heavy (non-hydrogen) atoms. The zero-order chi connectivity index (χ0) is 20.5.